The van der Waals surface area contributed by atoms with Crippen molar-refractivity contribution in [3.63, 3.8) is 0 Å². The van der Waals surface area contributed by atoms with Crippen LogP contribution in [0.25, 0.3) is 0 Å². The molecule has 1 aromatic rings. The second-order valence-corrected chi connectivity index (χ2v) is 6.06. The van der Waals surface area contributed by atoms with Gasteiger partial charge in [-0.1, -0.05) is 26.0 Å². The van der Waals surface area contributed by atoms with Gasteiger partial charge in [-0.2, -0.15) is 0 Å². The van der Waals surface area contributed by atoms with Crippen LogP contribution in [0.1, 0.15) is 37.0 Å². The fraction of sp³-hybridized carbons (Fsp3) is 0.625. The smallest absolute Gasteiger partial charge is 0.124 e. The first-order valence-corrected chi connectivity index (χ1v) is 6.94. The van der Waals surface area contributed by atoms with Crippen LogP contribution in [-0.2, 0) is 6.54 Å². The lowest BCUT2D eigenvalue weighted by Gasteiger charge is -2.22. The van der Waals surface area contributed by atoms with Gasteiger partial charge in [-0.25, -0.2) is 0 Å². The quantitative estimate of drug-likeness (QED) is 0.744. The first-order chi connectivity index (χ1) is 8.89. The molecular weight excluding hydrogens is 236 g/mol. The molecule has 0 unspecified atom stereocenters. The van der Waals surface area contributed by atoms with Crippen molar-refractivity contribution in [2.45, 2.75) is 40.7 Å². The molecule has 0 spiro atoms. The van der Waals surface area contributed by atoms with Crippen molar-refractivity contribution in [2.24, 2.45) is 11.1 Å². The van der Waals surface area contributed by atoms with E-state index >= 15 is 0 Å². The van der Waals surface area contributed by atoms with Crippen molar-refractivity contribution < 1.29 is 4.74 Å². The van der Waals surface area contributed by atoms with Gasteiger partial charge in [0.15, 0.2) is 0 Å². The van der Waals surface area contributed by atoms with Gasteiger partial charge >= 0.3 is 0 Å². The molecule has 3 N–H and O–H groups in total. The Bertz CT molecular complexity index is 390. The van der Waals surface area contributed by atoms with Crippen molar-refractivity contribution in [2.75, 3.05) is 20.2 Å². The van der Waals surface area contributed by atoms with Crippen molar-refractivity contribution in [1.29, 1.82) is 0 Å². The predicted molar refractivity (Wildman–Crippen MR) is 81.6 cm³/mol. The Kier molecular flexibility index (Phi) is 5.83. The molecule has 0 bridgehead atoms. The highest BCUT2D eigenvalue weighted by molar-refractivity contribution is 5.43. The monoisotopic (exact) mass is 264 g/mol. The molecular formula is C16H28N2O. The summed E-state index contributed by atoms with van der Waals surface area (Å²) in [5.41, 5.74) is 9.65. The first kappa shape index (κ1) is 16.0. The minimum absolute atomic E-state index is 0.221. The van der Waals surface area contributed by atoms with Crippen LogP contribution in [0.2, 0.25) is 0 Å². The van der Waals surface area contributed by atoms with Crippen LogP contribution in [0.15, 0.2) is 12.1 Å². The summed E-state index contributed by atoms with van der Waals surface area (Å²) in [6, 6.07) is 4.37. The number of hydrogen-bond acceptors (Lipinski definition) is 3. The van der Waals surface area contributed by atoms with Gasteiger partial charge in [0.2, 0.25) is 0 Å². The fourth-order valence-electron chi connectivity index (χ4n) is 2.23. The lowest BCUT2D eigenvalue weighted by atomic mass is 9.90. The van der Waals surface area contributed by atoms with Gasteiger partial charge < -0.3 is 15.8 Å². The van der Waals surface area contributed by atoms with Crippen LogP contribution < -0.4 is 15.8 Å². The van der Waals surface area contributed by atoms with E-state index in [9.17, 15) is 0 Å². The predicted octanol–water partition coefficient (Wildman–Crippen LogP) is 2.78. The lowest BCUT2D eigenvalue weighted by molar-refractivity contribution is 0.339. The first-order valence-electron chi connectivity index (χ1n) is 6.94. The molecule has 0 heterocycles. The van der Waals surface area contributed by atoms with E-state index in [1.807, 2.05) is 0 Å². The summed E-state index contributed by atoms with van der Waals surface area (Å²) in [7, 11) is 1.72. The summed E-state index contributed by atoms with van der Waals surface area (Å²) in [5, 5.41) is 3.49. The van der Waals surface area contributed by atoms with Gasteiger partial charge in [0.25, 0.3) is 0 Å². The Hall–Kier alpha value is -1.06. The number of ether oxygens (including phenoxy) is 1. The molecule has 0 fully saturated rings. The maximum absolute atomic E-state index is 5.73. The van der Waals surface area contributed by atoms with Crippen molar-refractivity contribution in [1.82, 2.24) is 5.32 Å². The summed E-state index contributed by atoms with van der Waals surface area (Å²) in [6.07, 6.45) is 1.09. The Morgan fingerprint density at radius 1 is 1.21 bits per heavy atom. The highest BCUT2D eigenvalue weighted by Crippen LogP contribution is 2.24. The van der Waals surface area contributed by atoms with Gasteiger partial charge in [-0.15, -0.1) is 0 Å². The molecule has 3 nitrogen and oxygen atoms in total. The Morgan fingerprint density at radius 3 is 2.26 bits per heavy atom. The molecule has 0 radical (unpaired) electrons. The molecule has 0 aliphatic heterocycles. The summed E-state index contributed by atoms with van der Waals surface area (Å²) >= 11 is 0. The standard InChI is InChI=1S/C16H28N2O/c1-12-8-14(9-13(2)15(12)19-5)10-18-7-6-16(3,4)11-17/h8-9,18H,6-7,10-11,17H2,1-5H3. The SMILES string of the molecule is COc1c(C)cc(CNCCC(C)(C)CN)cc1C. The third kappa shape index (κ3) is 4.84. The van der Waals surface area contributed by atoms with Crippen molar-refractivity contribution in [3.05, 3.63) is 28.8 Å². The maximum Gasteiger partial charge on any atom is 0.124 e. The van der Waals surface area contributed by atoms with Crippen molar-refractivity contribution >= 4 is 0 Å². The normalized spacial score (nSPS) is 11.7. The Labute approximate surface area is 117 Å². The van der Waals surface area contributed by atoms with E-state index in [0.717, 1.165) is 31.8 Å². The van der Waals surface area contributed by atoms with Crippen LogP contribution in [-0.4, -0.2) is 20.2 Å². The minimum Gasteiger partial charge on any atom is -0.496 e. The van der Waals surface area contributed by atoms with E-state index in [4.69, 9.17) is 10.5 Å². The minimum atomic E-state index is 0.221. The number of aryl methyl sites for hydroxylation is 2. The van der Waals surface area contributed by atoms with Crippen LogP contribution in [0.4, 0.5) is 0 Å². The summed E-state index contributed by atoms with van der Waals surface area (Å²) in [6.45, 7) is 11.2. The number of nitrogens with one attached hydrogen (secondary N) is 1. The summed E-state index contributed by atoms with van der Waals surface area (Å²) in [4.78, 5) is 0. The second-order valence-electron chi connectivity index (χ2n) is 6.06. The summed E-state index contributed by atoms with van der Waals surface area (Å²) in [5.74, 6) is 0.994. The number of rotatable bonds is 7. The van der Waals surface area contributed by atoms with Crippen LogP contribution >= 0.6 is 0 Å². The lowest BCUT2D eigenvalue weighted by Crippen LogP contribution is -2.28. The second kappa shape index (κ2) is 6.92. The average Bonchev–Trinajstić information content (AvgIpc) is 2.34. The number of hydrogen-bond donors (Lipinski definition) is 2. The van der Waals surface area contributed by atoms with E-state index in [2.05, 4.69) is 45.1 Å². The van der Waals surface area contributed by atoms with E-state index < -0.39 is 0 Å². The topological polar surface area (TPSA) is 47.3 Å². The Balaban J connectivity index is 2.51. The molecule has 0 saturated carbocycles. The van der Waals surface area contributed by atoms with Crippen LogP contribution in [0, 0.1) is 19.3 Å². The van der Waals surface area contributed by atoms with Crippen LogP contribution in [0.5, 0.6) is 5.75 Å². The summed E-state index contributed by atoms with van der Waals surface area (Å²) < 4.78 is 5.38. The van der Waals surface area contributed by atoms with Crippen LogP contribution in [0.3, 0.4) is 0 Å². The van der Waals surface area contributed by atoms with E-state index in [1.54, 1.807) is 7.11 Å². The third-order valence-electron chi connectivity index (χ3n) is 3.58. The maximum atomic E-state index is 5.73. The molecule has 19 heavy (non-hydrogen) atoms. The molecule has 0 aromatic heterocycles. The zero-order valence-corrected chi connectivity index (χ0v) is 13.0. The van der Waals surface area contributed by atoms with Gasteiger partial charge in [-0.05, 0) is 55.5 Å². The van der Waals surface area contributed by atoms with Crippen molar-refractivity contribution in [3.8, 4) is 5.75 Å². The molecule has 1 rings (SSSR count). The highest BCUT2D eigenvalue weighted by Gasteiger charge is 2.14. The van der Waals surface area contributed by atoms with Gasteiger partial charge in [0.1, 0.15) is 5.75 Å². The largest absolute Gasteiger partial charge is 0.496 e. The van der Waals surface area contributed by atoms with E-state index in [0.29, 0.717) is 0 Å². The van der Waals surface area contributed by atoms with Gasteiger partial charge in [0.05, 0.1) is 7.11 Å². The molecule has 0 amide bonds. The molecule has 1 aromatic carbocycles. The van der Waals surface area contributed by atoms with Gasteiger partial charge in [-0.3, -0.25) is 0 Å². The van der Waals surface area contributed by atoms with Gasteiger partial charge in [0, 0.05) is 6.54 Å². The molecule has 0 saturated heterocycles. The number of methoxy groups -OCH3 is 1. The van der Waals surface area contributed by atoms with E-state index in [-0.39, 0.29) is 5.41 Å². The number of benzene rings is 1. The molecule has 0 atom stereocenters. The molecule has 108 valence electrons. The average molecular weight is 264 g/mol. The Morgan fingerprint density at radius 2 is 1.79 bits per heavy atom. The fourth-order valence-corrected chi connectivity index (χ4v) is 2.23. The third-order valence-corrected chi connectivity index (χ3v) is 3.58. The zero-order chi connectivity index (χ0) is 14.5. The number of nitrogens with two attached hydrogens (primary N) is 1. The van der Waals surface area contributed by atoms with E-state index in [1.165, 1.54) is 16.7 Å². The molecule has 0 aliphatic rings. The highest BCUT2D eigenvalue weighted by atomic mass is 16.5. The zero-order valence-electron chi connectivity index (χ0n) is 13.0. The molecule has 3 heteroatoms. The molecule has 0 aliphatic carbocycles.